The molecule has 39 heavy (non-hydrogen) atoms. The minimum Gasteiger partial charge on any atom is -0.382 e. The highest BCUT2D eigenvalue weighted by molar-refractivity contribution is 5.86. The lowest BCUT2D eigenvalue weighted by atomic mass is 10.1. The first-order valence-corrected chi connectivity index (χ1v) is 11.5. The third kappa shape index (κ3) is 5.86. The number of anilines is 2. The predicted octanol–water partition coefficient (Wildman–Crippen LogP) is 4.50. The number of nitrogens with zero attached hydrogens (tertiary/aromatic N) is 4. The molecule has 15 heteroatoms. The first-order valence-electron chi connectivity index (χ1n) is 11.5. The number of alkyl halides is 5. The molecule has 0 amide bonds. The van der Waals surface area contributed by atoms with Gasteiger partial charge in [0, 0.05) is 24.3 Å². The van der Waals surface area contributed by atoms with Gasteiger partial charge in [0.05, 0.1) is 29.2 Å². The highest BCUT2D eigenvalue weighted by Crippen LogP contribution is 2.32. The molecule has 0 spiro atoms. The van der Waals surface area contributed by atoms with E-state index in [1.165, 1.54) is 16.8 Å². The molecule has 0 aliphatic rings. The number of nitrogens with one attached hydrogen (secondary N) is 2. The van der Waals surface area contributed by atoms with Crippen molar-refractivity contribution in [2.75, 3.05) is 11.1 Å². The smallest absolute Gasteiger partial charge is 0.382 e. The van der Waals surface area contributed by atoms with Gasteiger partial charge in [-0.2, -0.15) is 18.3 Å². The Bertz CT molecular complexity index is 1630. The number of rotatable bonds is 8. The van der Waals surface area contributed by atoms with Crippen molar-refractivity contribution in [2.45, 2.75) is 45.0 Å². The van der Waals surface area contributed by atoms with Crippen LogP contribution in [0.1, 0.15) is 37.4 Å². The molecule has 0 aliphatic heterocycles. The lowest BCUT2D eigenvalue weighted by molar-refractivity contribution is -0.138. The van der Waals surface area contributed by atoms with Crippen LogP contribution < -0.4 is 22.2 Å². The summed E-state index contributed by atoms with van der Waals surface area (Å²) in [5, 5.41) is 8.22. The van der Waals surface area contributed by atoms with Crippen LogP contribution in [0.4, 0.5) is 37.8 Å². The van der Waals surface area contributed by atoms with Crippen molar-refractivity contribution in [1.82, 2.24) is 24.7 Å². The molecule has 0 aliphatic carbocycles. The molecule has 0 bridgehead atoms. The van der Waals surface area contributed by atoms with Crippen molar-refractivity contribution in [3.8, 4) is 11.3 Å². The van der Waals surface area contributed by atoms with E-state index in [-0.39, 0.29) is 23.2 Å². The molecule has 206 valence electrons. The molecule has 4 N–H and O–H groups in total. The second-order valence-corrected chi connectivity index (χ2v) is 8.73. The molecule has 4 rings (SSSR count). The number of halogens is 6. The van der Waals surface area contributed by atoms with Gasteiger partial charge in [-0.15, -0.1) is 0 Å². The minimum absolute atomic E-state index is 0.0551. The Labute approximate surface area is 215 Å². The summed E-state index contributed by atoms with van der Waals surface area (Å²) in [6, 6.07) is 3.40. The average molecular weight is 553 g/mol. The highest BCUT2D eigenvalue weighted by atomic mass is 19.4. The van der Waals surface area contributed by atoms with Crippen LogP contribution in [0.15, 0.2) is 46.4 Å². The van der Waals surface area contributed by atoms with Crippen LogP contribution in [0.3, 0.4) is 0 Å². The predicted molar refractivity (Wildman–Crippen MR) is 131 cm³/mol. The maximum atomic E-state index is 14.9. The first kappa shape index (κ1) is 27.6. The zero-order valence-corrected chi connectivity index (χ0v) is 20.2. The fourth-order valence-corrected chi connectivity index (χ4v) is 4.08. The van der Waals surface area contributed by atoms with Crippen molar-refractivity contribution in [1.29, 1.82) is 0 Å². The van der Waals surface area contributed by atoms with Gasteiger partial charge in [0.15, 0.2) is 5.82 Å². The van der Waals surface area contributed by atoms with Gasteiger partial charge < -0.3 is 15.6 Å². The molecular weight excluding hydrogens is 532 g/mol. The molecule has 0 radical (unpaired) electrons. The van der Waals surface area contributed by atoms with E-state index in [4.69, 9.17) is 5.73 Å². The Hall–Kier alpha value is -4.43. The SMILES string of the molecule is C[C@@H](CCCn1ccc2cc(-c3cnc(C(F)F)c(N)n3)c(F)cc2c1=O)Nc1cn[nH]c(=O)c1C(F)(F)F. The quantitative estimate of drug-likeness (QED) is 0.274. The van der Waals surface area contributed by atoms with Crippen molar-refractivity contribution in [2.24, 2.45) is 0 Å². The van der Waals surface area contributed by atoms with E-state index in [1.807, 2.05) is 0 Å². The fraction of sp³-hybridized carbons (Fsp3) is 0.292. The highest BCUT2D eigenvalue weighted by Gasteiger charge is 2.37. The maximum absolute atomic E-state index is 14.9. The summed E-state index contributed by atoms with van der Waals surface area (Å²) in [6.45, 7) is 1.80. The van der Waals surface area contributed by atoms with E-state index in [2.05, 4.69) is 20.4 Å². The van der Waals surface area contributed by atoms with Gasteiger partial charge in [-0.25, -0.2) is 28.2 Å². The lowest BCUT2D eigenvalue weighted by Crippen LogP contribution is -2.27. The van der Waals surface area contributed by atoms with Crippen molar-refractivity contribution < 1.29 is 26.3 Å². The topological polar surface area (TPSA) is 132 Å². The van der Waals surface area contributed by atoms with E-state index in [0.29, 0.717) is 18.2 Å². The molecule has 0 saturated heterocycles. The van der Waals surface area contributed by atoms with E-state index in [1.54, 1.807) is 18.1 Å². The van der Waals surface area contributed by atoms with Gasteiger partial charge in [0.1, 0.15) is 17.1 Å². The van der Waals surface area contributed by atoms with Crippen LogP contribution in [-0.2, 0) is 12.7 Å². The number of benzene rings is 1. The first-order chi connectivity index (χ1) is 18.4. The Balaban J connectivity index is 1.49. The monoisotopic (exact) mass is 553 g/mol. The summed E-state index contributed by atoms with van der Waals surface area (Å²) >= 11 is 0. The molecule has 0 saturated carbocycles. The summed E-state index contributed by atoms with van der Waals surface area (Å²) in [6.07, 6.45) is -3.79. The summed E-state index contributed by atoms with van der Waals surface area (Å²) in [5.74, 6) is -1.37. The number of H-pyrrole nitrogens is 1. The number of aryl methyl sites for hydroxylation is 1. The molecule has 0 fully saturated rings. The molecule has 1 aromatic carbocycles. The largest absolute Gasteiger partial charge is 0.423 e. The standard InChI is InChI=1S/C24H21F6N7O2/c1-11(34-17-10-33-36-22(38)18(17)24(28,29)30)3-2-5-37-6-4-12-7-14(15(25)8-13(12)23(37)39)16-9-32-19(20(26)27)21(31)35-16/h4,6-11,20H,2-3,5H2,1H3,(H2,31,35)(H2,34,36,38)/t11-/m0/s1. The number of fused-ring (bicyclic) bond motifs is 1. The molecule has 4 aromatic rings. The van der Waals surface area contributed by atoms with Gasteiger partial charge in [-0.3, -0.25) is 9.59 Å². The van der Waals surface area contributed by atoms with Gasteiger partial charge in [-0.05, 0) is 43.4 Å². The maximum Gasteiger partial charge on any atom is 0.423 e. The summed E-state index contributed by atoms with van der Waals surface area (Å²) in [4.78, 5) is 31.9. The zero-order chi connectivity index (χ0) is 28.5. The van der Waals surface area contributed by atoms with Crippen LogP contribution in [-0.4, -0.2) is 30.8 Å². The number of aromatic nitrogens is 5. The van der Waals surface area contributed by atoms with E-state index in [0.717, 1.165) is 18.5 Å². The number of aromatic amines is 1. The van der Waals surface area contributed by atoms with Crippen LogP contribution in [0.5, 0.6) is 0 Å². The lowest BCUT2D eigenvalue weighted by Gasteiger charge is -2.18. The van der Waals surface area contributed by atoms with E-state index in [9.17, 15) is 35.9 Å². The summed E-state index contributed by atoms with van der Waals surface area (Å²) in [5.41, 5.74) is 0.932. The number of hydrogen-bond donors (Lipinski definition) is 3. The molecular formula is C24H21F6N7O2. The average Bonchev–Trinajstić information content (AvgIpc) is 2.84. The van der Waals surface area contributed by atoms with Crippen molar-refractivity contribution >= 4 is 22.3 Å². The van der Waals surface area contributed by atoms with Crippen LogP contribution in [0.2, 0.25) is 0 Å². The van der Waals surface area contributed by atoms with Crippen LogP contribution in [0, 0.1) is 5.82 Å². The number of hydrogen-bond acceptors (Lipinski definition) is 7. The second kappa shape index (κ2) is 10.7. The van der Waals surface area contributed by atoms with Crippen molar-refractivity contribution in [3.05, 3.63) is 74.6 Å². The molecule has 9 nitrogen and oxygen atoms in total. The fourth-order valence-electron chi connectivity index (χ4n) is 4.08. The summed E-state index contributed by atoms with van der Waals surface area (Å²) in [7, 11) is 0. The van der Waals surface area contributed by atoms with Gasteiger partial charge in [0.25, 0.3) is 17.5 Å². The summed E-state index contributed by atoms with van der Waals surface area (Å²) < 4.78 is 81.7. The van der Waals surface area contributed by atoms with Crippen LogP contribution >= 0.6 is 0 Å². The normalized spacial score (nSPS) is 12.7. The third-order valence-electron chi connectivity index (χ3n) is 5.95. The molecule has 0 unspecified atom stereocenters. The van der Waals surface area contributed by atoms with Gasteiger partial charge in [0.2, 0.25) is 0 Å². The molecule has 3 aromatic heterocycles. The van der Waals surface area contributed by atoms with Gasteiger partial charge >= 0.3 is 6.18 Å². The third-order valence-corrected chi connectivity index (χ3v) is 5.95. The van der Waals surface area contributed by atoms with E-state index < -0.39 is 58.3 Å². The van der Waals surface area contributed by atoms with E-state index >= 15 is 0 Å². The Morgan fingerprint density at radius 2 is 1.92 bits per heavy atom. The van der Waals surface area contributed by atoms with Gasteiger partial charge in [-0.1, -0.05) is 0 Å². The Morgan fingerprint density at radius 3 is 2.59 bits per heavy atom. The van der Waals surface area contributed by atoms with Crippen molar-refractivity contribution in [3.63, 3.8) is 0 Å². The number of pyridine rings is 1. The number of nitrogen functional groups attached to an aromatic ring is 1. The minimum atomic E-state index is -4.87. The molecule has 3 heterocycles. The Kier molecular flexibility index (Phi) is 7.60. The Morgan fingerprint density at radius 1 is 1.18 bits per heavy atom. The zero-order valence-electron chi connectivity index (χ0n) is 20.2. The molecule has 1 atom stereocenters. The van der Waals surface area contributed by atoms with Crippen LogP contribution in [0.25, 0.3) is 22.0 Å². The second-order valence-electron chi connectivity index (χ2n) is 8.73. The number of nitrogens with two attached hydrogens (primary N) is 1.